The molecule has 52 valence electrons. The van der Waals surface area contributed by atoms with Crippen molar-refractivity contribution in [3.05, 3.63) is 0 Å². The molecule has 0 amide bonds. The molecule has 9 heavy (non-hydrogen) atoms. The molecule has 0 rings (SSSR count). The Labute approximate surface area is 64.6 Å². The fraction of sp³-hybridized carbons (Fsp3) is 1.00. The van der Waals surface area contributed by atoms with Gasteiger partial charge < -0.3 is 8.42 Å². The Hall–Kier alpha value is 0.337. The Morgan fingerprint density at radius 2 is 1.22 bits per heavy atom. The molecule has 0 radical (unpaired) electrons. The summed E-state index contributed by atoms with van der Waals surface area (Å²) < 4.78 is 49.5. The first-order chi connectivity index (χ1) is 2.94. The first-order valence-electron chi connectivity index (χ1n) is 1.10. The standard InChI is InChI=1S/CF3O2S.CH4.Li/c2-1(3,4)7(5)6;;/h;1H4;/q-1;;+1. The van der Waals surface area contributed by atoms with E-state index < -0.39 is 16.2 Å². The summed E-state index contributed by atoms with van der Waals surface area (Å²) in [4.78, 5) is 0. The first kappa shape index (κ1) is 16.2. The summed E-state index contributed by atoms with van der Waals surface area (Å²) in [5.41, 5.74) is -5.08. The number of halogens is 3. The molecular formula is C2H4F3LiO2S. The van der Waals surface area contributed by atoms with E-state index in [0.717, 1.165) is 0 Å². The van der Waals surface area contributed by atoms with Crippen LogP contribution in [0.4, 0.5) is 13.2 Å². The Kier molecular flexibility index (Phi) is 9.24. The molecule has 0 aliphatic carbocycles. The molecule has 0 N–H and O–H groups in total. The third-order valence-electron chi connectivity index (χ3n) is 0.189. The van der Waals surface area contributed by atoms with Crippen molar-refractivity contribution >= 4 is 10.7 Å². The Morgan fingerprint density at radius 1 is 1.11 bits per heavy atom. The van der Waals surface area contributed by atoms with Gasteiger partial charge in [0.1, 0.15) is 0 Å². The molecule has 0 aliphatic rings. The predicted molar refractivity (Wildman–Crippen MR) is 21.5 cm³/mol. The van der Waals surface area contributed by atoms with E-state index in [0.29, 0.717) is 0 Å². The zero-order valence-corrected chi connectivity index (χ0v) is 4.68. The van der Waals surface area contributed by atoms with Crippen molar-refractivity contribution in [1.82, 2.24) is 0 Å². The van der Waals surface area contributed by atoms with E-state index in [1.807, 2.05) is 0 Å². The maximum Gasteiger partial charge on any atom is 1.00 e. The molecule has 0 unspecified atom stereocenters. The summed E-state index contributed by atoms with van der Waals surface area (Å²) in [6.45, 7) is 0. The SMILES string of the molecule is C.O=[S-](=O)C(F)(F)F.[Li+]. The molecule has 2 nitrogen and oxygen atoms in total. The van der Waals surface area contributed by atoms with Gasteiger partial charge in [0.25, 0.3) is 0 Å². The molecule has 0 atom stereocenters. The van der Waals surface area contributed by atoms with Gasteiger partial charge >= 0.3 is 24.4 Å². The number of hydrogen-bond donors (Lipinski definition) is 0. The third kappa shape index (κ3) is 8.34. The van der Waals surface area contributed by atoms with Crippen LogP contribution in [0.5, 0.6) is 0 Å². The van der Waals surface area contributed by atoms with Crippen molar-refractivity contribution in [1.29, 1.82) is 0 Å². The van der Waals surface area contributed by atoms with Crippen LogP contribution in [-0.4, -0.2) is 5.51 Å². The van der Waals surface area contributed by atoms with E-state index in [1.54, 1.807) is 0 Å². The molecule has 0 saturated carbocycles. The Bertz CT molecular complexity index is 120. The van der Waals surface area contributed by atoms with Crippen LogP contribution in [0.2, 0.25) is 0 Å². The molecule has 0 aromatic carbocycles. The summed E-state index contributed by atoms with van der Waals surface area (Å²) in [7, 11) is -3.93. The van der Waals surface area contributed by atoms with Gasteiger partial charge in [-0.15, -0.1) is 0 Å². The molecule has 0 aromatic heterocycles. The van der Waals surface area contributed by atoms with Crippen molar-refractivity contribution in [3.8, 4) is 0 Å². The van der Waals surface area contributed by atoms with Crippen molar-refractivity contribution in [2.45, 2.75) is 12.9 Å². The van der Waals surface area contributed by atoms with Crippen LogP contribution in [-0.2, 0) is 19.1 Å². The second-order valence-electron chi connectivity index (χ2n) is 0.680. The fourth-order valence-electron chi connectivity index (χ4n) is 0. The number of hydrogen-bond acceptors (Lipinski definition) is 3. The molecule has 0 aliphatic heterocycles. The minimum atomic E-state index is -5.08. The minimum Gasteiger partial charge on any atom is -0.416 e. The van der Waals surface area contributed by atoms with Crippen molar-refractivity contribution in [2.75, 3.05) is 0 Å². The predicted octanol–water partition coefficient (Wildman–Crippen LogP) is -1.54. The van der Waals surface area contributed by atoms with Gasteiger partial charge in [-0.2, -0.15) is 13.2 Å². The van der Waals surface area contributed by atoms with Gasteiger partial charge in [0.05, 0.1) is 0 Å². The third-order valence-corrected chi connectivity index (χ3v) is 0.567. The van der Waals surface area contributed by atoms with Crippen LogP contribution < -0.4 is 18.9 Å². The second-order valence-corrected chi connectivity index (χ2v) is 1.61. The topological polar surface area (TPSA) is 34.1 Å². The molecule has 0 bridgehead atoms. The van der Waals surface area contributed by atoms with E-state index in [4.69, 9.17) is 8.42 Å². The van der Waals surface area contributed by atoms with Crippen LogP contribution in [0.15, 0.2) is 0 Å². The van der Waals surface area contributed by atoms with Crippen LogP contribution in [0, 0.1) is 0 Å². The minimum absolute atomic E-state index is 0. The van der Waals surface area contributed by atoms with Crippen molar-refractivity contribution in [2.24, 2.45) is 0 Å². The van der Waals surface area contributed by atoms with E-state index in [9.17, 15) is 13.2 Å². The van der Waals surface area contributed by atoms with Crippen LogP contribution in [0.3, 0.4) is 0 Å². The molecule has 7 heteroatoms. The molecule has 0 fully saturated rings. The fourth-order valence-corrected chi connectivity index (χ4v) is 0. The smallest absolute Gasteiger partial charge is 0.416 e. The van der Waals surface area contributed by atoms with Gasteiger partial charge in [-0.3, -0.25) is 0 Å². The summed E-state index contributed by atoms with van der Waals surface area (Å²) in [5, 5.41) is 0. The van der Waals surface area contributed by atoms with Crippen LogP contribution in [0.1, 0.15) is 7.43 Å². The van der Waals surface area contributed by atoms with Gasteiger partial charge in [-0.05, 0) is 0 Å². The summed E-state index contributed by atoms with van der Waals surface area (Å²) in [5.74, 6) is 0. The Morgan fingerprint density at radius 3 is 1.22 bits per heavy atom. The first-order valence-corrected chi connectivity index (χ1v) is 2.18. The second kappa shape index (κ2) is 5.15. The average Bonchev–Trinajstić information content (AvgIpc) is 1.31. The van der Waals surface area contributed by atoms with Gasteiger partial charge in [0, 0.05) is 10.7 Å². The normalized spacial score (nSPS) is 9.78. The van der Waals surface area contributed by atoms with Crippen molar-refractivity contribution < 1.29 is 40.4 Å². The molecule has 0 aromatic rings. The van der Waals surface area contributed by atoms with Crippen molar-refractivity contribution in [3.63, 3.8) is 0 Å². The van der Waals surface area contributed by atoms with Gasteiger partial charge in [-0.1, -0.05) is 7.43 Å². The quantitative estimate of drug-likeness (QED) is 0.314. The van der Waals surface area contributed by atoms with E-state index in [-0.39, 0.29) is 26.3 Å². The maximum atomic E-state index is 10.6. The zero-order chi connectivity index (χ0) is 6.08. The van der Waals surface area contributed by atoms with Gasteiger partial charge in [-0.25, -0.2) is 0 Å². The molecule has 0 spiro atoms. The molecule has 0 heterocycles. The summed E-state index contributed by atoms with van der Waals surface area (Å²) >= 11 is 0. The van der Waals surface area contributed by atoms with Crippen LogP contribution in [0.25, 0.3) is 0 Å². The summed E-state index contributed by atoms with van der Waals surface area (Å²) in [6, 6.07) is 0. The van der Waals surface area contributed by atoms with Crippen LogP contribution >= 0.6 is 0 Å². The maximum absolute atomic E-state index is 10.6. The largest absolute Gasteiger partial charge is 1.00 e. The number of rotatable bonds is 0. The van der Waals surface area contributed by atoms with E-state index >= 15 is 0 Å². The van der Waals surface area contributed by atoms with E-state index in [1.165, 1.54) is 0 Å². The van der Waals surface area contributed by atoms with Gasteiger partial charge in [0.15, 0.2) is 0 Å². The zero-order valence-electron chi connectivity index (χ0n) is 3.86. The van der Waals surface area contributed by atoms with E-state index in [2.05, 4.69) is 0 Å². The number of alkyl halides is 3. The summed E-state index contributed by atoms with van der Waals surface area (Å²) in [6.07, 6.45) is 0. The van der Waals surface area contributed by atoms with Gasteiger partial charge in [0.2, 0.25) is 0 Å². The molecule has 0 saturated heterocycles. The Balaban J connectivity index is -0.000000180. The monoisotopic (exact) mass is 156 g/mol. The average molecular weight is 156 g/mol. The molecular weight excluding hydrogens is 152 g/mol.